The average Bonchev–Trinajstić information content (AvgIpc) is 3.49. The van der Waals surface area contributed by atoms with Crippen molar-refractivity contribution in [1.29, 1.82) is 0 Å². The van der Waals surface area contributed by atoms with E-state index in [1.54, 1.807) is 0 Å². The van der Waals surface area contributed by atoms with Crippen molar-refractivity contribution in [2.45, 2.75) is 19.3 Å². The van der Waals surface area contributed by atoms with E-state index in [-0.39, 0.29) is 5.91 Å². The molecule has 35 heavy (non-hydrogen) atoms. The van der Waals surface area contributed by atoms with Gasteiger partial charge >= 0.3 is 0 Å². The maximum absolute atomic E-state index is 12.9. The van der Waals surface area contributed by atoms with Gasteiger partial charge in [0.05, 0.1) is 10.4 Å². The van der Waals surface area contributed by atoms with Crippen molar-refractivity contribution in [1.82, 2.24) is 14.7 Å². The van der Waals surface area contributed by atoms with Crippen LogP contribution in [0.4, 0.5) is 11.5 Å². The highest BCUT2D eigenvalue weighted by Crippen LogP contribution is 2.31. The summed E-state index contributed by atoms with van der Waals surface area (Å²) in [5, 5.41) is 9.62. The summed E-state index contributed by atoms with van der Waals surface area (Å²) in [7, 11) is 4.06. The van der Waals surface area contributed by atoms with Gasteiger partial charge in [-0.25, -0.2) is 0 Å². The number of halogens is 1. The van der Waals surface area contributed by atoms with Crippen molar-refractivity contribution in [3.8, 4) is 10.4 Å². The summed E-state index contributed by atoms with van der Waals surface area (Å²) in [4.78, 5) is 19.4. The summed E-state index contributed by atoms with van der Waals surface area (Å²) in [6, 6.07) is 17.5. The maximum atomic E-state index is 12.9. The highest BCUT2D eigenvalue weighted by molar-refractivity contribution is 7.17. The summed E-state index contributed by atoms with van der Waals surface area (Å²) < 4.78 is 1.89. The lowest BCUT2D eigenvalue weighted by molar-refractivity contribution is 0.103. The van der Waals surface area contributed by atoms with Crippen molar-refractivity contribution in [3.63, 3.8) is 0 Å². The van der Waals surface area contributed by atoms with Crippen molar-refractivity contribution in [3.05, 3.63) is 64.5 Å². The minimum absolute atomic E-state index is 0.115. The minimum Gasteiger partial charge on any atom is -0.356 e. The van der Waals surface area contributed by atoms with E-state index in [1.807, 2.05) is 60.3 Å². The molecule has 5 rings (SSSR count). The van der Waals surface area contributed by atoms with Crippen LogP contribution in [0.1, 0.15) is 28.9 Å². The van der Waals surface area contributed by atoms with Crippen LogP contribution in [0.25, 0.3) is 21.3 Å². The molecule has 1 N–H and O–H groups in total. The topological polar surface area (TPSA) is 53.4 Å². The minimum atomic E-state index is -0.115. The lowest BCUT2D eigenvalue weighted by Gasteiger charge is -2.28. The van der Waals surface area contributed by atoms with Crippen LogP contribution in [0.3, 0.4) is 0 Å². The second kappa shape index (κ2) is 10.4. The molecule has 1 saturated heterocycles. The van der Waals surface area contributed by atoms with E-state index in [2.05, 4.69) is 28.2 Å². The number of nitrogens with zero attached hydrogens (tertiary/aromatic N) is 4. The Morgan fingerprint density at radius 2 is 1.86 bits per heavy atom. The number of likely N-dealkylation sites (N-methyl/N-ethyl adjacent to an activating group) is 1. The highest BCUT2D eigenvalue weighted by atomic mass is 35.5. The van der Waals surface area contributed by atoms with E-state index in [4.69, 9.17) is 16.7 Å². The number of likely N-dealkylation sites (tertiary alicyclic amines) is 1. The largest absolute Gasteiger partial charge is 0.356 e. The predicted octanol–water partition coefficient (Wildman–Crippen LogP) is 6.13. The van der Waals surface area contributed by atoms with E-state index in [9.17, 15) is 4.79 Å². The lowest BCUT2D eigenvalue weighted by atomic mass is 10.1. The zero-order valence-corrected chi connectivity index (χ0v) is 21.7. The van der Waals surface area contributed by atoms with Crippen molar-refractivity contribution < 1.29 is 4.79 Å². The first-order chi connectivity index (χ1) is 17.0. The van der Waals surface area contributed by atoms with Crippen molar-refractivity contribution >= 4 is 51.3 Å². The Labute approximate surface area is 215 Å². The van der Waals surface area contributed by atoms with Crippen LogP contribution < -0.4 is 10.2 Å². The van der Waals surface area contributed by atoms with E-state index >= 15 is 0 Å². The van der Waals surface area contributed by atoms with E-state index < -0.39 is 0 Å². The van der Waals surface area contributed by atoms with Gasteiger partial charge in [-0.05, 0) is 74.0 Å². The van der Waals surface area contributed by atoms with Gasteiger partial charge in [-0.1, -0.05) is 30.2 Å². The number of nitrogens with one attached hydrogen (secondary N) is 1. The fraction of sp³-hybridized carbons (Fsp3) is 0.333. The molecule has 3 heterocycles. The quantitative estimate of drug-likeness (QED) is 0.327. The fourth-order valence-electron chi connectivity index (χ4n) is 4.60. The number of amides is 1. The monoisotopic (exact) mass is 507 g/mol. The summed E-state index contributed by atoms with van der Waals surface area (Å²) in [5.74, 6) is 0.860. The van der Waals surface area contributed by atoms with Gasteiger partial charge in [0.1, 0.15) is 0 Å². The van der Waals surface area contributed by atoms with Crippen LogP contribution in [0.2, 0.25) is 5.02 Å². The average molecular weight is 508 g/mol. The SMILES string of the molecule is CN(CCN1CCCCC1)c1nn(C)c2cc(NC(=O)c3ccc(-c4ccc(Cl)cc4)s3)ccc12. The molecule has 2 aromatic heterocycles. The molecule has 1 amide bonds. The van der Waals surface area contributed by atoms with Gasteiger partial charge < -0.3 is 15.1 Å². The zero-order chi connectivity index (χ0) is 24.4. The van der Waals surface area contributed by atoms with Crippen LogP contribution >= 0.6 is 22.9 Å². The Kier molecular flexibility index (Phi) is 7.09. The molecule has 182 valence electrons. The number of rotatable bonds is 7. The molecule has 0 unspecified atom stereocenters. The number of fused-ring (bicyclic) bond motifs is 1. The number of aryl methyl sites for hydroxylation is 1. The molecule has 0 atom stereocenters. The lowest BCUT2D eigenvalue weighted by Crippen LogP contribution is -2.36. The number of carbonyl (C=O) groups excluding carboxylic acids is 1. The molecule has 0 aliphatic carbocycles. The van der Waals surface area contributed by atoms with Crippen molar-refractivity contribution in [2.24, 2.45) is 7.05 Å². The van der Waals surface area contributed by atoms with Gasteiger partial charge in [0, 0.05) is 48.2 Å². The number of hydrogen-bond donors (Lipinski definition) is 1. The third-order valence-corrected chi connectivity index (χ3v) is 8.00. The normalized spacial score (nSPS) is 14.4. The predicted molar refractivity (Wildman–Crippen MR) is 147 cm³/mol. The third kappa shape index (κ3) is 5.37. The van der Waals surface area contributed by atoms with Crippen LogP contribution in [0.15, 0.2) is 54.6 Å². The molecule has 1 aliphatic rings. The molecule has 1 fully saturated rings. The number of anilines is 2. The highest BCUT2D eigenvalue weighted by Gasteiger charge is 2.17. The Bertz CT molecular complexity index is 1320. The molecule has 0 bridgehead atoms. The van der Waals surface area contributed by atoms with Gasteiger partial charge in [-0.3, -0.25) is 9.48 Å². The van der Waals surface area contributed by atoms with Crippen LogP contribution in [0, 0.1) is 0 Å². The first-order valence-electron chi connectivity index (χ1n) is 12.1. The zero-order valence-electron chi connectivity index (χ0n) is 20.1. The fourth-order valence-corrected chi connectivity index (χ4v) is 5.63. The molecule has 1 aliphatic heterocycles. The Morgan fingerprint density at radius 1 is 1.09 bits per heavy atom. The second-order valence-electron chi connectivity index (χ2n) is 9.13. The summed E-state index contributed by atoms with van der Waals surface area (Å²) in [6.45, 7) is 4.40. The summed E-state index contributed by atoms with van der Waals surface area (Å²) in [5.41, 5.74) is 2.80. The molecule has 4 aromatic rings. The number of thiophene rings is 1. The standard InChI is InChI=1S/C27H30ClN5OS/c1-31(16-17-33-14-4-3-5-15-33)26-22-11-10-21(18-23(22)32(2)30-26)29-27(34)25-13-12-24(35-25)19-6-8-20(28)9-7-19/h6-13,18H,3-5,14-17H2,1-2H3,(H,29,34). The Morgan fingerprint density at radius 3 is 2.63 bits per heavy atom. The van der Waals surface area contributed by atoms with Gasteiger partial charge in [0.25, 0.3) is 5.91 Å². The number of benzene rings is 2. The Balaban J connectivity index is 1.28. The summed E-state index contributed by atoms with van der Waals surface area (Å²) in [6.07, 6.45) is 3.96. The van der Waals surface area contributed by atoms with Gasteiger partial charge in [-0.15, -0.1) is 11.3 Å². The molecule has 0 spiro atoms. The number of hydrogen-bond acceptors (Lipinski definition) is 5. The third-order valence-electron chi connectivity index (χ3n) is 6.61. The summed E-state index contributed by atoms with van der Waals surface area (Å²) >= 11 is 7.46. The van der Waals surface area contributed by atoms with Crippen LogP contribution in [-0.2, 0) is 7.05 Å². The molecule has 0 saturated carbocycles. The van der Waals surface area contributed by atoms with Gasteiger partial charge in [0.2, 0.25) is 0 Å². The molecule has 8 heteroatoms. The van der Waals surface area contributed by atoms with Crippen LogP contribution in [0.5, 0.6) is 0 Å². The molecular weight excluding hydrogens is 478 g/mol. The first-order valence-corrected chi connectivity index (χ1v) is 13.2. The van der Waals surface area contributed by atoms with Crippen molar-refractivity contribution in [2.75, 3.05) is 43.4 Å². The smallest absolute Gasteiger partial charge is 0.265 e. The molecule has 0 radical (unpaired) electrons. The van der Waals surface area contributed by atoms with Gasteiger partial charge in [0.15, 0.2) is 5.82 Å². The van der Waals surface area contributed by atoms with E-state index in [1.165, 1.54) is 43.7 Å². The first kappa shape index (κ1) is 23.9. The number of carbonyl (C=O) groups is 1. The molecule has 2 aromatic carbocycles. The van der Waals surface area contributed by atoms with E-state index in [0.717, 1.165) is 45.9 Å². The van der Waals surface area contributed by atoms with Crippen LogP contribution in [-0.4, -0.2) is 53.8 Å². The second-order valence-corrected chi connectivity index (χ2v) is 10.6. The number of aromatic nitrogens is 2. The molecular formula is C27H30ClN5OS. The van der Waals surface area contributed by atoms with E-state index in [0.29, 0.717) is 9.90 Å². The Hall–Kier alpha value is -2.87. The van der Waals surface area contributed by atoms with Gasteiger partial charge in [-0.2, -0.15) is 5.10 Å². The number of piperidine rings is 1. The maximum Gasteiger partial charge on any atom is 0.265 e. The molecule has 6 nitrogen and oxygen atoms in total.